The minimum atomic E-state index is -2.85. The molecule has 0 aromatic heterocycles. The van der Waals surface area contributed by atoms with Crippen molar-refractivity contribution in [2.24, 2.45) is 0 Å². The van der Waals surface area contributed by atoms with Crippen LogP contribution in [-0.2, 0) is 15.8 Å². The zero-order valence-corrected chi connectivity index (χ0v) is 23.2. The summed E-state index contributed by atoms with van der Waals surface area (Å²) in [7, 11) is -2.85. The van der Waals surface area contributed by atoms with Gasteiger partial charge in [0.05, 0.1) is 19.3 Å². The molecule has 204 valence electrons. The molecular formula is C30H37F2NO4Si. The van der Waals surface area contributed by atoms with E-state index in [1.165, 1.54) is 0 Å². The van der Waals surface area contributed by atoms with Crippen molar-refractivity contribution in [2.75, 3.05) is 19.7 Å². The second kappa shape index (κ2) is 13.6. The van der Waals surface area contributed by atoms with Gasteiger partial charge in [0.1, 0.15) is 6.61 Å². The number of carbonyl (C=O) groups is 1. The van der Waals surface area contributed by atoms with E-state index in [2.05, 4.69) is 45.0 Å². The quantitative estimate of drug-likeness (QED) is 0.320. The Balaban J connectivity index is 1.71. The number of hydrogen-bond donors (Lipinski definition) is 1. The predicted octanol–water partition coefficient (Wildman–Crippen LogP) is 5.22. The third-order valence-electron chi connectivity index (χ3n) is 6.46. The normalized spacial score (nSPS) is 12.8. The largest absolute Gasteiger partial charge is 0.445 e. The van der Waals surface area contributed by atoms with Crippen LogP contribution in [0.2, 0.25) is 5.04 Å². The lowest BCUT2D eigenvalue weighted by Crippen LogP contribution is -2.67. The molecule has 3 aromatic carbocycles. The first-order valence-corrected chi connectivity index (χ1v) is 14.7. The van der Waals surface area contributed by atoms with Gasteiger partial charge in [-0.3, -0.25) is 0 Å². The highest BCUT2D eigenvalue weighted by Crippen LogP contribution is 2.36. The lowest BCUT2D eigenvalue weighted by atomic mass is 10.2. The van der Waals surface area contributed by atoms with Crippen LogP contribution in [0.3, 0.4) is 0 Å². The van der Waals surface area contributed by atoms with Gasteiger partial charge in [0, 0.05) is 6.54 Å². The van der Waals surface area contributed by atoms with Crippen molar-refractivity contribution < 1.29 is 27.8 Å². The Morgan fingerprint density at radius 2 is 1.39 bits per heavy atom. The number of alkyl halides is 2. The van der Waals surface area contributed by atoms with Gasteiger partial charge >= 0.3 is 6.09 Å². The molecule has 3 rings (SSSR count). The van der Waals surface area contributed by atoms with Gasteiger partial charge in [-0.1, -0.05) is 112 Å². The van der Waals surface area contributed by atoms with Gasteiger partial charge in [-0.25, -0.2) is 13.6 Å². The molecule has 0 spiro atoms. The highest BCUT2D eigenvalue weighted by atomic mass is 28.4. The number of aliphatic hydroxyl groups is 1. The second-order valence-corrected chi connectivity index (χ2v) is 14.6. The molecule has 0 aliphatic carbocycles. The molecule has 0 saturated heterocycles. The third-order valence-corrected chi connectivity index (χ3v) is 11.5. The molecule has 0 fully saturated rings. The Morgan fingerprint density at radius 1 is 0.895 bits per heavy atom. The minimum Gasteiger partial charge on any atom is -0.445 e. The lowest BCUT2D eigenvalue weighted by Gasteiger charge is -2.43. The Kier molecular flexibility index (Phi) is 10.6. The van der Waals surface area contributed by atoms with E-state index in [9.17, 15) is 18.7 Å². The van der Waals surface area contributed by atoms with Crippen LogP contribution in [0.5, 0.6) is 0 Å². The molecule has 1 unspecified atom stereocenters. The van der Waals surface area contributed by atoms with Crippen LogP contribution in [0.25, 0.3) is 0 Å². The molecule has 1 N–H and O–H groups in total. The molecule has 38 heavy (non-hydrogen) atoms. The zero-order valence-electron chi connectivity index (χ0n) is 22.2. The number of aliphatic hydroxyl groups excluding tert-OH is 1. The molecule has 0 bridgehead atoms. The highest BCUT2D eigenvalue weighted by molar-refractivity contribution is 6.99. The summed E-state index contributed by atoms with van der Waals surface area (Å²) in [6.45, 7) is 5.56. The molecule has 3 aromatic rings. The molecule has 0 aliphatic rings. The number of ether oxygens (including phenoxy) is 1. The van der Waals surface area contributed by atoms with E-state index in [1.54, 1.807) is 12.1 Å². The van der Waals surface area contributed by atoms with E-state index in [0.29, 0.717) is 0 Å². The molecule has 8 heteroatoms. The second-order valence-electron chi connectivity index (χ2n) is 10.3. The van der Waals surface area contributed by atoms with Crippen LogP contribution >= 0.6 is 0 Å². The molecule has 1 amide bonds. The summed E-state index contributed by atoms with van der Waals surface area (Å²) in [6, 6.07) is 29.1. The van der Waals surface area contributed by atoms with E-state index in [4.69, 9.17) is 9.16 Å². The summed E-state index contributed by atoms with van der Waals surface area (Å²) < 4.78 is 38.4. The van der Waals surface area contributed by atoms with Crippen molar-refractivity contribution in [1.29, 1.82) is 0 Å². The molecule has 0 aliphatic heterocycles. The maximum atomic E-state index is 13.2. The average molecular weight is 542 g/mol. The van der Waals surface area contributed by atoms with Crippen LogP contribution in [-0.4, -0.2) is 56.6 Å². The van der Waals surface area contributed by atoms with Crippen molar-refractivity contribution in [3.63, 3.8) is 0 Å². The third kappa shape index (κ3) is 7.72. The Labute approximate surface area is 225 Å². The van der Waals surface area contributed by atoms with Crippen molar-refractivity contribution in [3.8, 4) is 0 Å². The number of hydrogen-bond acceptors (Lipinski definition) is 4. The standard InChI is InChI=1S/C30H37F2NO4Si/c1-30(2,3)38(26-15-9-5-10-16-26,27-17-11-6-12-18-27)37-23-25(34)19-20-33(21-28(31)32)29(35)36-22-24-13-7-4-8-14-24/h4-18,25,28,34H,19-23H2,1-3H3. The summed E-state index contributed by atoms with van der Waals surface area (Å²) in [4.78, 5) is 13.5. The fourth-order valence-electron chi connectivity index (χ4n) is 4.61. The monoisotopic (exact) mass is 541 g/mol. The summed E-state index contributed by atoms with van der Waals surface area (Å²) in [5.74, 6) is 0. The van der Waals surface area contributed by atoms with Gasteiger partial charge < -0.3 is 19.2 Å². The van der Waals surface area contributed by atoms with Crippen molar-refractivity contribution >= 4 is 24.8 Å². The fraction of sp³-hybridized carbons (Fsp3) is 0.367. The van der Waals surface area contributed by atoms with E-state index in [1.807, 2.05) is 54.6 Å². The Bertz CT molecular complexity index is 1070. The number of rotatable bonds is 12. The van der Waals surface area contributed by atoms with E-state index in [0.717, 1.165) is 20.8 Å². The number of halogens is 2. The van der Waals surface area contributed by atoms with E-state index in [-0.39, 0.29) is 31.2 Å². The van der Waals surface area contributed by atoms with Gasteiger partial charge in [-0.15, -0.1) is 0 Å². The van der Waals surface area contributed by atoms with Crippen LogP contribution in [0.1, 0.15) is 32.8 Å². The maximum Gasteiger partial charge on any atom is 0.410 e. The molecular weight excluding hydrogens is 504 g/mol. The van der Waals surface area contributed by atoms with Gasteiger partial charge in [-0.05, 0) is 27.4 Å². The zero-order chi connectivity index (χ0) is 27.6. The summed E-state index contributed by atoms with van der Waals surface area (Å²) >= 11 is 0. The van der Waals surface area contributed by atoms with Crippen LogP contribution in [0, 0.1) is 0 Å². The first-order valence-electron chi connectivity index (χ1n) is 12.8. The van der Waals surface area contributed by atoms with Crippen molar-refractivity contribution in [3.05, 3.63) is 96.6 Å². The number of benzene rings is 3. The van der Waals surface area contributed by atoms with Crippen LogP contribution in [0.4, 0.5) is 13.6 Å². The van der Waals surface area contributed by atoms with E-state index < -0.39 is 33.5 Å². The molecule has 0 saturated carbocycles. The SMILES string of the molecule is CC(C)(C)[Si](OCC(O)CCN(CC(F)F)C(=O)OCc1ccccc1)(c1ccccc1)c1ccccc1. The smallest absolute Gasteiger partial charge is 0.410 e. The van der Waals surface area contributed by atoms with Crippen molar-refractivity contribution in [2.45, 2.75) is 51.4 Å². The van der Waals surface area contributed by atoms with Gasteiger partial charge in [-0.2, -0.15) is 0 Å². The summed E-state index contributed by atoms with van der Waals surface area (Å²) in [6.07, 6.45) is -4.44. The Hall–Kier alpha value is -3.07. The topological polar surface area (TPSA) is 59.0 Å². The maximum absolute atomic E-state index is 13.2. The minimum absolute atomic E-state index is 0.00879. The fourth-order valence-corrected chi connectivity index (χ4v) is 9.20. The average Bonchev–Trinajstić information content (AvgIpc) is 2.91. The molecule has 0 heterocycles. The molecule has 1 atom stereocenters. The number of amides is 1. The van der Waals surface area contributed by atoms with E-state index >= 15 is 0 Å². The highest BCUT2D eigenvalue weighted by Gasteiger charge is 2.50. The molecule has 5 nitrogen and oxygen atoms in total. The number of carbonyl (C=O) groups excluding carboxylic acids is 1. The first kappa shape index (κ1) is 29.5. The van der Waals surface area contributed by atoms with Gasteiger partial charge in [0.2, 0.25) is 0 Å². The van der Waals surface area contributed by atoms with Gasteiger partial charge in [0.25, 0.3) is 14.7 Å². The van der Waals surface area contributed by atoms with Crippen LogP contribution < -0.4 is 10.4 Å². The lowest BCUT2D eigenvalue weighted by molar-refractivity contribution is 0.0432. The Morgan fingerprint density at radius 3 is 1.87 bits per heavy atom. The summed E-state index contributed by atoms with van der Waals surface area (Å²) in [5.41, 5.74) is 0.761. The summed E-state index contributed by atoms with van der Waals surface area (Å²) in [5, 5.41) is 12.8. The molecule has 0 radical (unpaired) electrons. The number of nitrogens with zero attached hydrogens (tertiary/aromatic N) is 1. The van der Waals surface area contributed by atoms with Crippen LogP contribution in [0.15, 0.2) is 91.0 Å². The first-order chi connectivity index (χ1) is 18.1. The van der Waals surface area contributed by atoms with Crippen molar-refractivity contribution in [1.82, 2.24) is 4.90 Å². The predicted molar refractivity (Wildman–Crippen MR) is 148 cm³/mol. The van der Waals surface area contributed by atoms with Gasteiger partial charge in [0.15, 0.2) is 0 Å².